The Kier molecular flexibility index (Phi) is 6.18. The highest BCUT2D eigenvalue weighted by atomic mass is 32.2. The lowest BCUT2D eigenvalue weighted by Crippen LogP contribution is -2.27. The van der Waals surface area contributed by atoms with Crippen molar-refractivity contribution in [1.29, 1.82) is 0 Å². The molecule has 0 aliphatic carbocycles. The van der Waals surface area contributed by atoms with Crippen molar-refractivity contribution in [2.75, 3.05) is 0 Å². The summed E-state index contributed by atoms with van der Waals surface area (Å²) in [5.41, 5.74) is 3.63. The molecule has 3 aromatic carbocycles. The summed E-state index contributed by atoms with van der Waals surface area (Å²) < 4.78 is 19.1. The van der Waals surface area contributed by atoms with E-state index < -0.39 is 0 Å². The molecule has 0 saturated carbocycles. The molecule has 6 heteroatoms. The third-order valence-corrected chi connectivity index (χ3v) is 5.76. The summed E-state index contributed by atoms with van der Waals surface area (Å²) in [7, 11) is 0. The molecule has 1 heterocycles. The summed E-state index contributed by atoms with van der Waals surface area (Å²) in [5, 5.41) is -0.348. The third kappa shape index (κ3) is 5.03. The van der Waals surface area contributed by atoms with Crippen LogP contribution in [0, 0.1) is 12.7 Å². The molecule has 1 fully saturated rings. The Hall–Kier alpha value is -3.38. The van der Waals surface area contributed by atoms with Gasteiger partial charge >= 0.3 is 0 Å². The number of hydrogen-bond acceptors (Lipinski definition) is 4. The third-order valence-electron chi connectivity index (χ3n) is 4.85. The molecule has 2 amide bonds. The van der Waals surface area contributed by atoms with Crippen LogP contribution in [-0.4, -0.2) is 16.0 Å². The highest BCUT2D eigenvalue weighted by molar-refractivity contribution is 8.18. The zero-order valence-corrected chi connectivity index (χ0v) is 17.7. The van der Waals surface area contributed by atoms with Crippen LogP contribution in [0.4, 0.5) is 9.18 Å². The molecule has 1 aliphatic rings. The Bertz CT molecular complexity index is 1140. The van der Waals surface area contributed by atoms with Gasteiger partial charge in [-0.1, -0.05) is 60.2 Å². The van der Waals surface area contributed by atoms with Crippen LogP contribution in [0.5, 0.6) is 5.75 Å². The molecule has 0 unspecified atom stereocenters. The van der Waals surface area contributed by atoms with Crippen molar-refractivity contribution in [3.05, 3.63) is 106 Å². The van der Waals surface area contributed by atoms with Gasteiger partial charge in [-0.15, -0.1) is 0 Å². The van der Waals surface area contributed by atoms with E-state index in [2.05, 4.69) is 0 Å². The van der Waals surface area contributed by atoms with E-state index in [0.717, 1.165) is 22.9 Å². The van der Waals surface area contributed by atoms with Gasteiger partial charge in [0, 0.05) is 5.56 Å². The highest BCUT2D eigenvalue weighted by Crippen LogP contribution is 2.35. The van der Waals surface area contributed by atoms with E-state index in [9.17, 15) is 14.0 Å². The molecule has 4 nitrogen and oxygen atoms in total. The highest BCUT2D eigenvalue weighted by Gasteiger charge is 2.35. The minimum Gasteiger partial charge on any atom is -0.488 e. The molecule has 0 radical (unpaired) electrons. The first-order chi connectivity index (χ1) is 15.0. The Balaban J connectivity index is 1.50. The number of para-hydroxylation sites is 1. The standard InChI is InChI=1S/C25H20FNO3S/c1-17-6-8-19(9-7-17)16-30-22-5-3-2-4-20(22)14-23-24(28)27(25(29)31-23)15-18-10-12-21(26)13-11-18/h2-14H,15-16H2,1H3. The SMILES string of the molecule is Cc1ccc(COc2ccccc2C=C2SC(=O)N(Cc3ccc(F)cc3)C2=O)cc1. The summed E-state index contributed by atoms with van der Waals surface area (Å²) in [5.74, 6) is -0.0962. The van der Waals surface area contributed by atoms with Gasteiger partial charge in [-0.05, 0) is 54.1 Å². The van der Waals surface area contributed by atoms with E-state index >= 15 is 0 Å². The molecular formula is C25H20FNO3S. The lowest BCUT2D eigenvalue weighted by atomic mass is 10.1. The van der Waals surface area contributed by atoms with E-state index in [1.165, 1.54) is 22.6 Å². The molecule has 0 spiro atoms. The van der Waals surface area contributed by atoms with Crippen LogP contribution in [-0.2, 0) is 17.9 Å². The van der Waals surface area contributed by atoms with Crippen LogP contribution < -0.4 is 4.74 Å². The number of nitrogens with zero attached hydrogens (tertiary/aromatic N) is 1. The number of thioether (sulfide) groups is 1. The summed E-state index contributed by atoms with van der Waals surface area (Å²) in [4.78, 5) is 26.7. The molecule has 0 bridgehead atoms. The van der Waals surface area contributed by atoms with Gasteiger partial charge in [0.15, 0.2) is 0 Å². The number of carbonyl (C=O) groups is 2. The van der Waals surface area contributed by atoms with Crippen molar-refractivity contribution in [2.24, 2.45) is 0 Å². The lowest BCUT2D eigenvalue weighted by molar-refractivity contribution is -0.123. The van der Waals surface area contributed by atoms with Gasteiger partial charge in [-0.2, -0.15) is 0 Å². The molecule has 3 aromatic rings. The zero-order valence-electron chi connectivity index (χ0n) is 16.9. The second kappa shape index (κ2) is 9.18. The predicted octanol–water partition coefficient (Wildman–Crippen LogP) is 5.95. The average Bonchev–Trinajstić information content (AvgIpc) is 3.03. The Morgan fingerprint density at radius 3 is 2.35 bits per heavy atom. The van der Waals surface area contributed by atoms with Crippen LogP contribution in [0.1, 0.15) is 22.3 Å². The number of ether oxygens (including phenoxy) is 1. The van der Waals surface area contributed by atoms with Gasteiger partial charge in [0.05, 0.1) is 11.4 Å². The molecule has 156 valence electrons. The fraction of sp³-hybridized carbons (Fsp3) is 0.120. The van der Waals surface area contributed by atoms with E-state index in [-0.39, 0.29) is 23.5 Å². The minimum atomic E-state index is -0.368. The van der Waals surface area contributed by atoms with Crippen LogP contribution in [0.3, 0.4) is 0 Å². The number of imide groups is 1. The van der Waals surface area contributed by atoms with Gasteiger partial charge in [0.25, 0.3) is 11.1 Å². The van der Waals surface area contributed by atoms with Crippen molar-refractivity contribution < 1.29 is 18.7 Å². The minimum absolute atomic E-state index is 0.105. The van der Waals surface area contributed by atoms with Gasteiger partial charge in [0.1, 0.15) is 18.2 Å². The number of amides is 2. The smallest absolute Gasteiger partial charge is 0.293 e. The normalized spacial score (nSPS) is 15.0. The maximum absolute atomic E-state index is 13.1. The molecule has 1 aliphatic heterocycles. The zero-order chi connectivity index (χ0) is 21.8. The quantitative estimate of drug-likeness (QED) is 0.451. The topological polar surface area (TPSA) is 46.6 Å². The summed E-state index contributed by atoms with van der Waals surface area (Å²) in [6, 6.07) is 21.2. The van der Waals surface area contributed by atoms with Gasteiger partial charge in [-0.25, -0.2) is 4.39 Å². The first kappa shape index (κ1) is 20.9. The van der Waals surface area contributed by atoms with Crippen LogP contribution in [0.2, 0.25) is 0 Å². The summed E-state index contributed by atoms with van der Waals surface area (Å²) >= 11 is 0.893. The maximum atomic E-state index is 13.1. The number of rotatable bonds is 6. The molecule has 0 atom stereocenters. The number of carbonyl (C=O) groups excluding carboxylic acids is 2. The monoisotopic (exact) mass is 433 g/mol. The first-order valence-corrected chi connectivity index (χ1v) is 10.6. The first-order valence-electron chi connectivity index (χ1n) is 9.77. The van der Waals surface area contributed by atoms with Crippen molar-refractivity contribution in [3.63, 3.8) is 0 Å². The van der Waals surface area contributed by atoms with E-state index in [1.807, 2.05) is 55.5 Å². The second-order valence-electron chi connectivity index (χ2n) is 7.21. The largest absolute Gasteiger partial charge is 0.488 e. The number of aryl methyl sites for hydroxylation is 1. The molecule has 4 rings (SSSR count). The van der Waals surface area contributed by atoms with Crippen molar-refractivity contribution in [2.45, 2.75) is 20.1 Å². The second-order valence-corrected chi connectivity index (χ2v) is 8.20. The van der Waals surface area contributed by atoms with Crippen molar-refractivity contribution in [3.8, 4) is 5.75 Å². The van der Waals surface area contributed by atoms with Gasteiger partial charge in [0.2, 0.25) is 0 Å². The van der Waals surface area contributed by atoms with Crippen LogP contribution in [0.15, 0.2) is 77.7 Å². The predicted molar refractivity (Wildman–Crippen MR) is 120 cm³/mol. The van der Waals surface area contributed by atoms with E-state index in [0.29, 0.717) is 22.8 Å². The molecule has 0 N–H and O–H groups in total. The Morgan fingerprint density at radius 1 is 0.935 bits per heavy atom. The Morgan fingerprint density at radius 2 is 1.61 bits per heavy atom. The molecule has 31 heavy (non-hydrogen) atoms. The van der Waals surface area contributed by atoms with Gasteiger partial charge in [-0.3, -0.25) is 14.5 Å². The molecule has 0 aromatic heterocycles. The summed E-state index contributed by atoms with van der Waals surface area (Å²) in [6.45, 7) is 2.54. The van der Waals surface area contributed by atoms with E-state index in [4.69, 9.17) is 4.74 Å². The fourth-order valence-electron chi connectivity index (χ4n) is 3.13. The van der Waals surface area contributed by atoms with Crippen LogP contribution >= 0.6 is 11.8 Å². The van der Waals surface area contributed by atoms with Crippen molar-refractivity contribution >= 4 is 29.0 Å². The maximum Gasteiger partial charge on any atom is 0.293 e. The Labute approximate surface area is 184 Å². The van der Waals surface area contributed by atoms with Gasteiger partial charge < -0.3 is 4.74 Å². The molecule has 1 saturated heterocycles. The number of benzene rings is 3. The summed E-state index contributed by atoms with van der Waals surface area (Å²) in [6.07, 6.45) is 1.68. The van der Waals surface area contributed by atoms with E-state index in [1.54, 1.807) is 18.2 Å². The lowest BCUT2D eigenvalue weighted by Gasteiger charge is -2.12. The van der Waals surface area contributed by atoms with Crippen molar-refractivity contribution in [1.82, 2.24) is 4.90 Å². The number of halogens is 1. The average molecular weight is 434 g/mol. The fourth-order valence-corrected chi connectivity index (χ4v) is 3.96. The van der Waals surface area contributed by atoms with Crippen LogP contribution in [0.25, 0.3) is 6.08 Å². The molecular weight excluding hydrogens is 413 g/mol. The number of hydrogen-bond donors (Lipinski definition) is 0.